The Bertz CT molecular complexity index is 1720. The van der Waals surface area contributed by atoms with E-state index in [-0.39, 0.29) is 11.8 Å². The van der Waals surface area contributed by atoms with Gasteiger partial charge in [-0.05, 0) is 141 Å². The molecule has 3 aromatic carbocycles. The number of fused-ring (bicyclic) bond motifs is 1. The van der Waals surface area contributed by atoms with Crippen LogP contribution >= 0.6 is 23.2 Å². The highest BCUT2D eigenvalue weighted by Crippen LogP contribution is 2.61. The molecule has 254 valence electrons. The Kier molecular flexibility index (Phi) is 9.93. The minimum absolute atomic E-state index is 0.138. The lowest BCUT2D eigenvalue weighted by Crippen LogP contribution is -2.47. The number of ketones is 1. The third-order valence-corrected chi connectivity index (χ3v) is 12.1. The predicted molar refractivity (Wildman–Crippen MR) is 200 cm³/mol. The first-order valence-corrected chi connectivity index (χ1v) is 19.0. The van der Waals surface area contributed by atoms with Crippen LogP contribution in [0.4, 0.5) is 5.69 Å². The number of carbonyl (C=O) groups is 1. The van der Waals surface area contributed by atoms with Crippen LogP contribution in [0.5, 0.6) is 0 Å². The second kappa shape index (κ2) is 14.2. The standard InChI is InChI=1S/C41H50Cl2N4O/c1-4-14-46(15-5-2)34-10-7-32(8-11-34)40-45-38-21-33(37(16-27(3)48)44-25-28-6-12-35(42)36(43)20-28)9-13-39(38)47(40)26-41-22-29-17-30(23-41)19-31(18-29)24-41/h6-13,20-21,29-31,37,44H,4-5,14-19,22-26H2,1-3H3. The summed E-state index contributed by atoms with van der Waals surface area (Å²) in [5.74, 6) is 3.91. The first kappa shape index (κ1) is 33.6. The van der Waals surface area contributed by atoms with Crippen LogP contribution < -0.4 is 10.2 Å². The number of benzene rings is 3. The van der Waals surface area contributed by atoms with E-state index in [1.807, 2.05) is 18.2 Å². The van der Waals surface area contributed by atoms with Gasteiger partial charge in [0.1, 0.15) is 11.6 Å². The number of hydrogen-bond acceptors (Lipinski definition) is 4. The average Bonchev–Trinajstić information content (AvgIpc) is 3.40. The van der Waals surface area contributed by atoms with Crippen LogP contribution in [-0.4, -0.2) is 28.4 Å². The third kappa shape index (κ3) is 7.06. The summed E-state index contributed by atoms with van der Waals surface area (Å²) in [5.41, 5.74) is 7.13. The maximum absolute atomic E-state index is 12.5. The molecule has 1 heterocycles. The van der Waals surface area contributed by atoms with Gasteiger partial charge in [-0.3, -0.25) is 4.79 Å². The van der Waals surface area contributed by atoms with Gasteiger partial charge >= 0.3 is 0 Å². The van der Waals surface area contributed by atoms with Crippen molar-refractivity contribution >= 4 is 45.7 Å². The highest BCUT2D eigenvalue weighted by molar-refractivity contribution is 6.42. The maximum atomic E-state index is 12.5. The van der Waals surface area contributed by atoms with Crippen molar-refractivity contribution in [3.8, 4) is 11.4 Å². The fourth-order valence-electron chi connectivity index (χ4n) is 9.78. The second-order valence-corrected chi connectivity index (χ2v) is 16.1. The van der Waals surface area contributed by atoms with Gasteiger partial charge in [-0.25, -0.2) is 4.98 Å². The highest BCUT2D eigenvalue weighted by atomic mass is 35.5. The van der Waals surface area contributed by atoms with Crippen molar-refractivity contribution < 1.29 is 4.79 Å². The van der Waals surface area contributed by atoms with Gasteiger partial charge in [0.05, 0.1) is 21.1 Å². The molecule has 4 saturated carbocycles. The minimum Gasteiger partial charge on any atom is -0.372 e. The Balaban J connectivity index is 1.24. The molecule has 48 heavy (non-hydrogen) atoms. The molecule has 7 heteroatoms. The van der Waals surface area contributed by atoms with Crippen molar-refractivity contribution in [3.05, 3.63) is 81.8 Å². The number of nitrogens with zero attached hydrogens (tertiary/aromatic N) is 3. The number of halogens is 2. The molecule has 4 aromatic rings. The molecule has 4 aliphatic carbocycles. The van der Waals surface area contributed by atoms with Crippen LogP contribution in [0, 0.1) is 23.2 Å². The molecule has 0 aliphatic heterocycles. The zero-order valence-corrected chi connectivity index (χ0v) is 30.3. The Morgan fingerprint density at radius 3 is 2.19 bits per heavy atom. The largest absolute Gasteiger partial charge is 0.372 e. The SMILES string of the molecule is CCCN(CCC)c1ccc(-c2nc3cc(C(CC(C)=O)NCc4ccc(Cl)c(Cl)c4)ccc3n2CC23CC4CC(CC(C4)C2)C3)cc1. The van der Waals surface area contributed by atoms with Crippen LogP contribution in [-0.2, 0) is 17.9 Å². The average molecular weight is 686 g/mol. The number of nitrogens with one attached hydrogen (secondary N) is 1. The summed E-state index contributed by atoms with van der Waals surface area (Å²) in [6, 6.07) is 21.4. The zero-order valence-electron chi connectivity index (χ0n) is 28.8. The van der Waals surface area contributed by atoms with E-state index in [1.54, 1.807) is 6.92 Å². The van der Waals surface area contributed by atoms with Gasteiger partial charge in [0.15, 0.2) is 0 Å². The summed E-state index contributed by atoms with van der Waals surface area (Å²) in [6.45, 7) is 9.92. The van der Waals surface area contributed by atoms with Crippen molar-refractivity contribution in [1.29, 1.82) is 0 Å². The third-order valence-electron chi connectivity index (χ3n) is 11.3. The van der Waals surface area contributed by atoms with E-state index in [9.17, 15) is 4.79 Å². The second-order valence-electron chi connectivity index (χ2n) is 15.3. The molecule has 5 nitrogen and oxygen atoms in total. The van der Waals surface area contributed by atoms with Crippen LogP contribution in [0.2, 0.25) is 10.0 Å². The van der Waals surface area contributed by atoms with Crippen molar-refractivity contribution in [2.24, 2.45) is 23.2 Å². The van der Waals surface area contributed by atoms with Gasteiger partial charge < -0.3 is 14.8 Å². The van der Waals surface area contributed by atoms with E-state index >= 15 is 0 Å². The number of rotatable bonds is 14. The Labute approximate surface area is 296 Å². The van der Waals surface area contributed by atoms with Crippen molar-refractivity contribution in [3.63, 3.8) is 0 Å². The highest BCUT2D eigenvalue weighted by Gasteiger charge is 2.51. The summed E-state index contributed by atoms with van der Waals surface area (Å²) in [4.78, 5) is 20.3. The van der Waals surface area contributed by atoms with Gasteiger partial charge in [0.2, 0.25) is 0 Å². The molecule has 4 aliphatic rings. The Morgan fingerprint density at radius 1 is 0.917 bits per heavy atom. The molecule has 1 aromatic heterocycles. The molecular weight excluding hydrogens is 635 g/mol. The molecule has 0 saturated heterocycles. The summed E-state index contributed by atoms with van der Waals surface area (Å²) in [7, 11) is 0. The van der Waals surface area contributed by atoms with Crippen LogP contribution in [0.3, 0.4) is 0 Å². The Hall–Kier alpha value is -2.86. The molecule has 4 bridgehead atoms. The van der Waals surface area contributed by atoms with E-state index in [2.05, 4.69) is 71.1 Å². The summed E-state index contributed by atoms with van der Waals surface area (Å²) in [5, 5.41) is 4.70. The topological polar surface area (TPSA) is 50.2 Å². The number of aromatic nitrogens is 2. The van der Waals surface area contributed by atoms with Gasteiger partial charge in [0, 0.05) is 49.9 Å². The Morgan fingerprint density at radius 2 is 1.58 bits per heavy atom. The van der Waals surface area contributed by atoms with Gasteiger partial charge in [-0.2, -0.15) is 0 Å². The number of Topliss-reactive ketones (excluding diaryl/α,β-unsaturated/α-hetero) is 1. The maximum Gasteiger partial charge on any atom is 0.141 e. The molecule has 1 atom stereocenters. The van der Waals surface area contributed by atoms with Crippen LogP contribution in [0.25, 0.3) is 22.4 Å². The number of imidazole rings is 1. The summed E-state index contributed by atoms with van der Waals surface area (Å²) < 4.78 is 2.56. The molecule has 8 rings (SSSR count). The summed E-state index contributed by atoms with van der Waals surface area (Å²) >= 11 is 12.5. The fraction of sp³-hybridized carbons (Fsp3) is 0.512. The van der Waals surface area contributed by atoms with E-state index in [1.165, 1.54) is 55.3 Å². The van der Waals surface area contributed by atoms with Crippen LogP contribution in [0.1, 0.15) is 95.7 Å². The van der Waals surface area contributed by atoms with Crippen LogP contribution in [0.15, 0.2) is 60.7 Å². The number of hydrogen-bond donors (Lipinski definition) is 1. The van der Waals surface area contributed by atoms with Gasteiger partial charge in [-0.1, -0.05) is 49.2 Å². The first-order valence-electron chi connectivity index (χ1n) is 18.2. The van der Waals surface area contributed by atoms with Crippen molar-refractivity contribution in [2.45, 2.75) is 97.7 Å². The van der Waals surface area contributed by atoms with E-state index in [4.69, 9.17) is 28.2 Å². The molecule has 0 radical (unpaired) electrons. The zero-order chi connectivity index (χ0) is 33.4. The predicted octanol–water partition coefficient (Wildman–Crippen LogP) is 10.7. The molecule has 0 spiro atoms. The number of carbonyl (C=O) groups excluding carboxylic acids is 1. The summed E-state index contributed by atoms with van der Waals surface area (Å²) in [6.07, 6.45) is 11.1. The fourth-order valence-corrected chi connectivity index (χ4v) is 10.1. The van der Waals surface area contributed by atoms with Gasteiger partial charge in [-0.15, -0.1) is 0 Å². The normalized spacial score (nSPS) is 23.6. The molecule has 0 amide bonds. The molecule has 1 N–H and O–H groups in total. The van der Waals surface area contributed by atoms with E-state index < -0.39 is 0 Å². The van der Waals surface area contributed by atoms with Crippen molar-refractivity contribution in [1.82, 2.24) is 14.9 Å². The molecular formula is C41H50Cl2N4O. The van der Waals surface area contributed by atoms with E-state index in [0.717, 1.165) is 72.7 Å². The lowest BCUT2D eigenvalue weighted by atomic mass is 9.49. The first-order chi connectivity index (χ1) is 23.2. The minimum atomic E-state index is -0.138. The smallest absolute Gasteiger partial charge is 0.141 e. The molecule has 1 unspecified atom stereocenters. The lowest BCUT2D eigenvalue weighted by Gasteiger charge is -2.57. The monoisotopic (exact) mass is 684 g/mol. The van der Waals surface area contributed by atoms with E-state index in [0.29, 0.717) is 28.4 Å². The quantitative estimate of drug-likeness (QED) is 0.144. The molecule has 4 fully saturated rings. The number of anilines is 1. The lowest BCUT2D eigenvalue weighted by molar-refractivity contribution is -0.117. The van der Waals surface area contributed by atoms with Gasteiger partial charge in [0.25, 0.3) is 0 Å². The van der Waals surface area contributed by atoms with Crippen molar-refractivity contribution in [2.75, 3.05) is 18.0 Å².